The molecule has 5 heteroatoms. The maximum absolute atomic E-state index is 12.3. The average molecular weight is 340 g/mol. The fourth-order valence-corrected chi connectivity index (χ4v) is 2.25. The molecule has 25 heavy (non-hydrogen) atoms. The number of rotatable bonds is 5. The number of amides is 2. The molecule has 0 aliphatic carbocycles. The molecular weight excluding hydrogens is 316 g/mol. The summed E-state index contributed by atoms with van der Waals surface area (Å²) in [4.78, 5) is 23.3. The molecular formula is C20H24N2O3. The van der Waals surface area contributed by atoms with Crippen molar-refractivity contribution in [2.45, 2.75) is 39.2 Å². The highest BCUT2D eigenvalue weighted by Gasteiger charge is 2.16. The van der Waals surface area contributed by atoms with Crippen molar-refractivity contribution in [2.24, 2.45) is 5.73 Å². The van der Waals surface area contributed by atoms with E-state index in [-0.39, 0.29) is 11.3 Å². The van der Waals surface area contributed by atoms with Gasteiger partial charge in [-0.05, 0) is 54.3 Å². The third-order valence-electron chi connectivity index (χ3n) is 3.84. The van der Waals surface area contributed by atoms with Gasteiger partial charge in [-0.15, -0.1) is 0 Å². The van der Waals surface area contributed by atoms with E-state index >= 15 is 0 Å². The number of carbonyl (C=O) groups excluding carboxylic acids is 2. The molecule has 0 fully saturated rings. The van der Waals surface area contributed by atoms with E-state index in [1.165, 1.54) is 5.56 Å². The highest BCUT2D eigenvalue weighted by atomic mass is 16.5. The van der Waals surface area contributed by atoms with Crippen molar-refractivity contribution in [3.8, 4) is 5.75 Å². The van der Waals surface area contributed by atoms with E-state index in [0.29, 0.717) is 11.3 Å². The third-order valence-corrected chi connectivity index (χ3v) is 3.84. The van der Waals surface area contributed by atoms with Crippen LogP contribution in [0.2, 0.25) is 0 Å². The standard InChI is InChI=1S/C20H24N2O3/c1-13(25-17-11-5-14(6-12-17)18(21)23)19(24)22-16-9-7-15(8-10-16)20(2,3)4/h5-13H,1-4H3,(H2,21,23)(H,22,24). The molecule has 0 aliphatic heterocycles. The van der Waals surface area contributed by atoms with Gasteiger partial charge in [-0.3, -0.25) is 9.59 Å². The Morgan fingerprint density at radius 1 is 1.00 bits per heavy atom. The number of benzene rings is 2. The van der Waals surface area contributed by atoms with Crippen LogP contribution in [0.5, 0.6) is 5.75 Å². The summed E-state index contributed by atoms with van der Waals surface area (Å²) in [5.74, 6) is -0.255. The molecule has 0 heterocycles. The summed E-state index contributed by atoms with van der Waals surface area (Å²) in [7, 11) is 0. The highest BCUT2D eigenvalue weighted by Crippen LogP contribution is 2.23. The van der Waals surface area contributed by atoms with Crippen molar-refractivity contribution < 1.29 is 14.3 Å². The lowest BCUT2D eigenvalue weighted by Gasteiger charge is -2.19. The van der Waals surface area contributed by atoms with Crippen LogP contribution in [0.1, 0.15) is 43.6 Å². The van der Waals surface area contributed by atoms with Crippen LogP contribution in [-0.4, -0.2) is 17.9 Å². The van der Waals surface area contributed by atoms with Crippen LogP contribution in [0, 0.1) is 0 Å². The minimum absolute atomic E-state index is 0.0655. The molecule has 0 aromatic heterocycles. The second-order valence-electron chi connectivity index (χ2n) is 6.97. The number of nitrogens with one attached hydrogen (secondary N) is 1. The van der Waals surface area contributed by atoms with Crippen LogP contribution in [0.15, 0.2) is 48.5 Å². The molecule has 0 spiro atoms. The van der Waals surface area contributed by atoms with Crippen LogP contribution < -0.4 is 15.8 Å². The van der Waals surface area contributed by atoms with Gasteiger partial charge in [0.2, 0.25) is 5.91 Å². The van der Waals surface area contributed by atoms with E-state index in [4.69, 9.17) is 10.5 Å². The van der Waals surface area contributed by atoms with Gasteiger partial charge in [-0.2, -0.15) is 0 Å². The molecule has 1 atom stereocenters. The number of carbonyl (C=O) groups is 2. The third kappa shape index (κ3) is 5.08. The van der Waals surface area contributed by atoms with E-state index in [2.05, 4.69) is 26.1 Å². The average Bonchev–Trinajstić information content (AvgIpc) is 2.55. The van der Waals surface area contributed by atoms with Crippen molar-refractivity contribution in [3.63, 3.8) is 0 Å². The molecule has 132 valence electrons. The normalized spacial score (nSPS) is 12.3. The minimum Gasteiger partial charge on any atom is -0.481 e. The predicted octanol–water partition coefficient (Wildman–Crippen LogP) is 3.49. The quantitative estimate of drug-likeness (QED) is 0.874. The van der Waals surface area contributed by atoms with Crippen molar-refractivity contribution in [3.05, 3.63) is 59.7 Å². The Kier molecular flexibility index (Phi) is 5.47. The zero-order valence-electron chi connectivity index (χ0n) is 15.0. The monoisotopic (exact) mass is 340 g/mol. The fourth-order valence-electron chi connectivity index (χ4n) is 2.25. The van der Waals surface area contributed by atoms with Gasteiger partial charge < -0.3 is 15.8 Å². The van der Waals surface area contributed by atoms with E-state index in [9.17, 15) is 9.59 Å². The summed E-state index contributed by atoms with van der Waals surface area (Å²) >= 11 is 0. The molecule has 0 radical (unpaired) electrons. The topological polar surface area (TPSA) is 81.4 Å². The lowest BCUT2D eigenvalue weighted by molar-refractivity contribution is -0.122. The molecule has 1 unspecified atom stereocenters. The lowest BCUT2D eigenvalue weighted by atomic mass is 9.87. The Hall–Kier alpha value is -2.82. The van der Waals surface area contributed by atoms with E-state index in [0.717, 1.165) is 5.69 Å². The van der Waals surface area contributed by atoms with Crippen molar-refractivity contribution in [1.29, 1.82) is 0 Å². The van der Waals surface area contributed by atoms with Crippen LogP contribution in [0.25, 0.3) is 0 Å². The Labute approximate surface area is 148 Å². The van der Waals surface area contributed by atoms with Gasteiger partial charge in [0.25, 0.3) is 5.91 Å². The Morgan fingerprint density at radius 2 is 1.56 bits per heavy atom. The summed E-state index contributed by atoms with van der Waals surface area (Å²) < 4.78 is 5.60. The van der Waals surface area contributed by atoms with Gasteiger partial charge in [0.15, 0.2) is 6.10 Å². The minimum atomic E-state index is -0.679. The first-order valence-corrected chi connectivity index (χ1v) is 8.15. The molecule has 2 aromatic carbocycles. The summed E-state index contributed by atoms with van der Waals surface area (Å²) in [6, 6.07) is 14.1. The van der Waals surface area contributed by atoms with Gasteiger partial charge in [0.1, 0.15) is 5.75 Å². The first-order valence-electron chi connectivity index (χ1n) is 8.15. The van der Waals surface area contributed by atoms with Gasteiger partial charge in [0.05, 0.1) is 0 Å². The predicted molar refractivity (Wildman–Crippen MR) is 98.8 cm³/mol. The van der Waals surface area contributed by atoms with Crippen molar-refractivity contribution >= 4 is 17.5 Å². The summed E-state index contributed by atoms with van der Waals surface area (Å²) in [6.07, 6.45) is -0.679. The number of hydrogen-bond acceptors (Lipinski definition) is 3. The summed E-state index contributed by atoms with van der Waals surface area (Å²) in [5.41, 5.74) is 7.57. The van der Waals surface area contributed by atoms with Gasteiger partial charge in [0, 0.05) is 11.3 Å². The van der Waals surface area contributed by atoms with E-state index in [1.54, 1.807) is 31.2 Å². The Morgan fingerprint density at radius 3 is 2.04 bits per heavy atom. The Bertz CT molecular complexity index is 744. The van der Waals surface area contributed by atoms with Gasteiger partial charge in [-0.25, -0.2) is 0 Å². The number of hydrogen-bond donors (Lipinski definition) is 2. The van der Waals surface area contributed by atoms with Crippen LogP contribution in [0.4, 0.5) is 5.69 Å². The van der Waals surface area contributed by atoms with Crippen LogP contribution >= 0.6 is 0 Å². The second-order valence-corrected chi connectivity index (χ2v) is 6.97. The van der Waals surface area contributed by atoms with Crippen molar-refractivity contribution in [1.82, 2.24) is 0 Å². The number of ether oxygens (including phenoxy) is 1. The maximum Gasteiger partial charge on any atom is 0.265 e. The number of primary amides is 1. The molecule has 0 aliphatic rings. The molecule has 0 saturated heterocycles. The molecule has 2 amide bonds. The first-order chi connectivity index (χ1) is 11.7. The Balaban J connectivity index is 1.97. The van der Waals surface area contributed by atoms with E-state index in [1.807, 2.05) is 24.3 Å². The molecule has 0 bridgehead atoms. The molecule has 0 saturated carbocycles. The number of nitrogens with two attached hydrogens (primary N) is 1. The summed E-state index contributed by atoms with van der Waals surface area (Å²) in [5, 5.41) is 2.83. The zero-order chi connectivity index (χ0) is 18.6. The zero-order valence-corrected chi connectivity index (χ0v) is 15.0. The van der Waals surface area contributed by atoms with Crippen molar-refractivity contribution in [2.75, 3.05) is 5.32 Å². The molecule has 3 N–H and O–H groups in total. The van der Waals surface area contributed by atoms with Crippen LogP contribution in [-0.2, 0) is 10.2 Å². The van der Waals surface area contributed by atoms with Crippen LogP contribution in [0.3, 0.4) is 0 Å². The molecule has 2 aromatic rings. The summed E-state index contributed by atoms with van der Waals surface area (Å²) in [6.45, 7) is 8.08. The SMILES string of the molecule is CC(Oc1ccc(C(N)=O)cc1)C(=O)Nc1ccc(C(C)(C)C)cc1. The van der Waals surface area contributed by atoms with Gasteiger partial charge >= 0.3 is 0 Å². The molecule has 2 rings (SSSR count). The largest absolute Gasteiger partial charge is 0.481 e. The lowest BCUT2D eigenvalue weighted by Crippen LogP contribution is -2.30. The smallest absolute Gasteiger partial charge is 0.265 e. The highest BCUT2D eigenvalue weighted by molar-refractivity contribution is 5.94. The maximum atomic E-state index is 12.3. The van der Waals surface area contributed by atoms with Gasteiger partial charge in [-0.1, -0.05) is 32.9 Å². The second kappa shape index (κ2) is 7.38. The van der Waals surface area contributed by atoms with E-state index < -0.39 is 12.0 Å². The number of anilines is 1. The molecule has 5 nitrogen and oxygen atoms in total. The fraction of sp³-hybridized carbons (Fsp3) is 0.300. The first kappa shape index (κ1) is 18.5.